The van der Waals surface area contributed by atoms with Crippen molar-refractivity contribution in [3.8, 4) is 5.75 Å². The van der Waals surface area contributed by atoms with Crippen molar-refractivity contribution in [3.63, 3.8) is 0 Å². The Morgan fingerprint density at radius 2 is 1.69 bits per heavy atom. The first kappa shape index (κ1) is 21.9. The van der Waals surface area contributed by atoms with Crippen LogP contribution < -0.4 is 10.1 Å². The number of carbonyl (C=O) groups excluding carboxylic acids is 3. The van der Waals surface area contributed by atoms with Crippen molar-refractivity contribution in [3.05, 3.63) is 60.2 Å². The van der Waals surface area contributed by atoms with E-state index in [1.807, 2.05) is 49.4 Å². The third-order valence-corrected chi connectivity index (χ3v) is 4.04. The molecule has 0 radical (unpaired) electrons. The Balaban J connectivity index is 1.61. The molecule has 0 atom stereocenters. The predicted octanol–water partition coefficient (Wildman–Crippen LogP) is 2.79. The average Bonchev–Trinajstić information content (AvgIpc) is 2.71. The molecule has 154 valence electrons. The second kappa shape index (κ2) is 11.5. The summed E-state index contributed by atoms with van der Waals surface area (Å²) in [6.45, 7) is 1.81. The van der Waals surface area contributed by atoms with Gasteiger partial charge in [0.05, 0.1) is 13.2 Å². The summed E-state index contributed by atoms with van der Waals surface area (Å²) in [4.78, 5) is 37.0. The summed E-state index contributed by atoms with van der Waals surface area (Å²) in [7, 11) is 1.48. The van der Waals surface area contributed by atoms with Gasteiger partial charge in [-0.25, -0.2) is 0 Å². The van der Waals surface area contributed by atoms with Crippen LogP contribution in [0.2, 0.25) is 0 Å². The Morgan fingerprint density at radius 3 is 2.38 bits per heavy atom. The molecule has 2 aromatic carbocycles. The molecule has 0 unspecified atom stereocenters. The van der Waals surface area contributed by atoms with Gasteiger partial charge in [-0.3, -0.25) is 14.4 Å². The van der Waals surface area contributed by atoms with Gasteiger partial charge in [0, 0.05) is 19.2 Å². The summed E-state index contributed by atoms with van der Waals surface area (Å²) in [5.41, 5.74) is 1.74. The van der Waals surface area contributed by atoms with Gasteiger partial charge in [0.2, 0.25) is 5.91 Å². The SMILES string of the molecule is Cc1ccc(NC(=O)CN(C)C(=O)COC(=O)CCCOc2ccccc2)cc1. The average molecular weight is 398 g/mol. The number of benzene rings is 2. The lowest BCUT2D eigenvalue weighted by Gasteiger charge is -2.17. The van der Waals surface area contributed by atoms with Gasteiger partial charge >= 0.3 is 5.97 Å². The molecule has 7 heteroatoms. The molecule has 0 aliphatic rings. The van der Waals surface area contributed by atoms with E-state index in [0.29, 0.717) is 18.7 Å². The fraction of sp³-hybridized carbons (Fsp3) is 0.318. The molecule has 1 N–H and O–H groups in total. The number of hydrogen-bond acceptors (Lipinski definition) is 5. The zero-order valence-electron chi connectivity index (χ0n) is 16.7. The van der Waals surface area contributed by atoms with Crippen LogP contribution in [0.1, 0.15) is 18.4 Å². The number of anilines is 1. The van der Waals surface area contributed by atoms with Gasteiger partial charge in [0.1, 0.15) is 5.75 Å². The molecule has 2 rings (SSSR count). The van der Waals surface area contributed by atoms with Crippen molar-refractivity contribution in [2.75, 3.05) is 32.1 Å². The number of para-hydroxylation sites is 1. The van der Waals surface area contributed by atoms with Crippen LogP contribution in [0.3, 0.4) is 0 Å². The molecule has 0 heterocycles. The van der Waals surface area contributed by atoms with E-state index in [-0.39, 0.29) is 18.9 Å². The number of aryl methyl sites for hydroxylation is 1. The first-order chi connectivity index (χ1) is 13.9. The third kappa shape index (κ3) is 8.47. The minimum atomic E-state index is -0.479. The Bertz CT molecular complexity index is 806. The van der Waals surface area contributed by atoms with Crippen molar-refractivity contribution in [1.82, 2.24) is 4.90 Å². The quantitative estimate of drug-likeness (QED) is 0.491. The molecule has 29 heavy (non-hydrogen) atoms. The molecule has 0 fully saturated rings. The van der Waals surface area contributed by atoms with E-state index in [4.69, 9.17) is 9.47 Å². The van der Waals surface area contributed by atoms with Crippen LogP contribution in [0, 0.1) is 6.92 Å². The van der Waals surface area contributed by atoms with Crippen LogP contribution in [-0.2, 0) is 19.1 Å². The van der Waals surface area contributed by atoms with Gasteiger partial charge in [0.15, 0.2) is 6.61 Å². The zero-order valence-corrected chi connectivity index (χ0v) is 16.7. The van der Waals surface area contributed by atoms with Crippen molar-refractivity contribution in [1.29, 1.82) is 0 Å². The number of ether oxygens (including phenoxy) is 2. The van der Waals surface area contributed by atoms with Crippen LogP contribution in [0.4, 0.5) is 5.69 Å². The van der Waals surface area contributed by atoms with E-state index in [2.05, 4.69) is 5.32 Å². The highest BCUT2D eigenvalue weighted by Gasteiger charge is 2.15. The molecule has 0 aromatic heterocycles. The van der Waals surface area contributed by atoms with Gasteiger partial charge < -0.3 is 19.7 Å². The van der Waals surface area contributed by atoms with E-state index in [0.717, 1.165) is 11.3 Å². The Hall–Kier alpha value is -3.35. The van der Waals surface area contributed by atoms with Crippen molar-refractivity contribution in [2.45, 2.75) is 19.8 Å². The summed E-state index contributed by atoms with van der Waals surface area (Å²) in [6.07, 6.45) is 0.633. The normalized spacial score (nSPS) is 10.1. The van der Waals surface area contributed by atoms with E-state index in [9.17, 15) is 14.4 Å². The maximum Gasteiger partial charge on any atom is 0.306 e. The van der Waals surface area contributed by atoms with Gasteiger partial charge in [-0.05, 0) is 37.6 Å². The molecule has 0 spiro atoms. The smallest absolute Gasteiger partial charge is 0.306 e. The predicted molar refractivity (Wildman–Crippen MR) is 110 cm³/mol. The van der Waals surface area contributed by atoms with E-state index >= 15 is 0 Å². The fourth-order valence-electron chi connectivity index (χ4n) is 2.39. The van der Waals surface area contributed by atoms with Crippen molar-refractivity contribution >= 4 is 23.5 Å². The number of hydrogen-bond donors (Lipinski definition) is 1. The first-order valence-electron chi connectivity index (χ1n) is 9.38. The second-order valence-electron chi connectivity index (χ2n) is 6.59. The molecular formula is C22H26N2O5. The largest absolute Gasteiger partial charge is 0.494 e. The minimum Gasteiger partial charge on any atom is -0.494 e. The number of nitrogens with one attached hydrogen (secondary N) is 1. The highest BCUT2D eigenvalue weighted by Crippen LogP contribution is 2.09. The lowest BCUT2D eigenvalue weighted by atomic mass is 10.2. The lowest BCUT2D eigenvalue weighted by molar-refractivity contribution is -0.152. The minimum absolute atomic E-state index is 0.130. The second-order valence-corrected chi connectivity index (χ2v) is 6.59. The third-order valence-electron chi connectivity index (χ3n) is 4.04. The molecule has 0 saturated carbocycles. The number of amides is 2. The van der Waals surface area contributed by atoms with E-state index < -0.39 is 18.5 Å². The molecule has 7 nitrogen and oxygen atoms in total. The molecule has 0 bridgehead atoms. The van der Waals surface area contributed by atoms with Crippen LogP contribution >= 0.6 is 0 Å². The number of carbonyl (C=O) groups is 3. The molecule has 0 aliphatic heterocycles. The maximum absolute atomic E-state index is 12.0. The summed E-state index contributed by atoms with van der Waals surface area (Å²) in [6, 6.07) is 16.6. The first-order valence-corrected chi connectivity index (χ1v) is 9.38. The standard InChI is InChI=1S/C22H26N2O5/c1-17-10-12-18(13-11-17)23-20(25)15-24(2)21(26)16-29-22(27)9-6-14-28-19-7-4-3-5-8-19/h3-5,7-8,10-13H,6,9,14-16H2,1-2H3,(H,23,25). The molecular weight excluding hydrogens is 372 g/mol. The van der Waals surface area contributed by atoms with E-state index in [1.54, 1.807) is 12.1 Å². The molecule has 2 amide bonds. The van der Waals surface area contributed by atoms with Crippen LogP contribution in [0.15, 0.2) is 54.6 Å². The lowest BCUT2D eigenvalue weighted by Crippen LogP contribution is -2.37. The Labute approximate surface area is 170 Å². The monoisotopic (exact) mass is 398 g/mol. The fourth-order valence-corrected chi connectivity index (χ4v) is 2.39. The Morgan fingerprint density at radius 1 is 1.00 bits per heavy atom. The van der Waals surface area contributed by atoms with Gasteiger partial charge in [0.25, 0.3) is 5.91 Å². The zero-order chi connectivity index (χ0) is 21.1. The molecule has 0 saturated heterocycles. The number of rotatable bonds is 10. The van der Waals surface area contributed by atoms with Crippen molar-refractivity contribution in [2.24, 2.45) is 0 Å². The summed E-state index contributed by atoms with van der Waals surface area (Å²) in [5, 5.41) is 2.71. The number of likely N-dealkylation sites (N-methyl/N-ethyl adjacent to an activating group) is 1. The molecule has 0 aliphatic carbocycles. The molecule has 2 aromatic rings. The number of esters is 1. The number of nitrogens with zero attached hydrogens (tertiary/aromatic N) is 1. The van der Waals surface area contributed by atoms with Crippen LogP contribution in [0.25, 0.3) is 0 Å². The van der Waals surface area contributed by atoms with Crippen LogP contribution in [-0.4, -0.2) is 49.5 Å². The highest BCUT2D eigenvalue weighted by atomic mass is 16.5. The van der Waals surface area contributed by atoms with E-state index in [1.165, 1.54) is 11.9 Å². The van der Waals surface area contributed by atoms with Gasteiger partial charge in [-0.1, -0.05) is 35.9 Å². The maximum atomic E-state index is 12.0. The van der Waals surface area contributed by atoms with Crippen LogP contribution in [0.5, 0.6) is 5.75 Å². The topological polar surface area (TPSA) is 84.9 Å². The summed E-state index contributed by atoms with van der Waals surface area (Å²) >= 11 is 0. The van der Waals surface area contributed by atoms with Gasteiger partial charge in [-0.15, -0.1) is 0 Å². The Kier molecular flexibility index (Phi) is 8.69. The van der Waals surface area contributed by atoms with Crippen molar-refractivity contribution < 1.29 is 23.9 Å². The summed E-state index contributed by atoms with van der Waals surface area (Å²) in [5.74, 6) is -0.513. The highest BCUT2D eigenvalue weighted by molar-refractivity contribution is 5.94. The summed E-state index contributed by atoms with van der Waals surface area (Å²) < 4.78 is 10.5. The van der Waals surface area contributed by atoms with Gasteiger partial charge in [-0.2, -0.15) is 0 Å².